The molecule has 10 N–H and O–H groups in total. The molecule has 14 heteroatoms. The third kappa shape index (κ3) is 9.89. The van der Waals surface area contributed by atoms with E-state index in [1.807, 2.05) is 24.3 Å². The van der Waals surface area contributed by atoms with Gasteiger partial charge in [0.2, 0.25) is 17.7 Å². The first kappa shape index (κ1) is 31.6. The summed E-state index contributed by atoms with van der Waals surface area (Å²) in [5.41, 5.74) is 13.2. The Morgan fingerprint density at radius 1 is 0.897 bits per heavy atom. The van der Waals surface area contributed by atoms with Gasteiger partial charge in [0.15, 0.2) is 0 Å². The number of rotatable bonds is 17. The molecule has 1 aromatic carbocycles. The average Bonchev–Trinajstić information content (AvgIpc) is 3.31. The Morgan fingerprint density at radius 2 is 1.54 bits per heavy atom. The van der Waals surface area contributed by atoms with Gasteiger partial charge in [-0.3, -0.25) is 19.2 Å². The van der Waals surface area contributed by atoms with Crippen LogP contribution in [0.5, 0.6) is 0 Å². The van der Waals surface area contributed by atoms with Crippen molar-refractivity contribution in [3.05, 3.63) is 36.0 Å². The number of carbonyl (C=O) groups excluding carboxylic acids is 3. The van der Waals surface area contributed by atoms with Crippen LogP contribution in [-0.2, 0) is 30.4 Å². The number of carboxylic acids is 2. The van der Waals surface area contributed by atoms with Crippen LogP contribution in [0.15, 0.2) is 30.5 Å². The van der Waals surface area contributed by atoms with E-state index in [4.69, 9.17) is 16.6 Å². The first-order valence-electron chi connectivity index (χ1n) is 12.5. The van der Waals surface area contributed by atoms with Crippen molar-refractivity contribution < 1.29 is 34.2 Å². The van der Waals surface area contributed by atoms with Crippen LogP contribution in [-0.4, -0.2) is 81.3 Å². The zero-order valence-corrected chi connectivity index (χ0v) is 22.3. The van der Waals surface area contributed by atoms with Crippen molar-refractivity contribution >= 4 is 53.2 Å². The van der Waals surface area contributed by atoms with E-state index < -0.39 is 60.2 Å². The highest BCUT2D eigenvalue weighted by molar-refractivity contribution is 7.80. The topological polar surface area (TPSA) is 230 Å². The van der Waals surface area contributed by atoms with E-state index in [-0.39, 0.29) is 25.0 Å². The van der Waals surface area contributed by atoms with Crippen LogP contribution in [0.25, 0.3) is 10.9 Å². The molecule has 0 spiro atoms. The number of para-hydroxylation sites is 1. The number of carboxylic acid groups (broad SMARTS) is 2. The Labute approximate surface area is 230 Å². The largest absolute Gasteiger partial charge is 0.481 e. The molecule has 0 saturated heterocycles. The Balaban J connectivity index is 2.06. The second-order valence-electron chi connectivity index (χ2n) is 9.09. The van der Waals surface area contributed by atoms with E-state index in [0.29, 0.717) is 19.4 Å². The fraction of sp³-hybridized carbons (Fsp3) is 0.480. The smallest absolute Gasteiger partial charge is 0.326 e. The van der Waals surface area contributed by atoms with Crippen LogP contribution in [0.4, 0.5) is 0 Å². The highest BCUT2D eigenvalue weighted by atomic mass is 32.1. The molecule has 2 aromatic rings. The number of unbranched alkanes of at least 4 members (excludes halogenated alkanes) is 1. The van der Waals surface area contributed by atoms with Gasteiger partial charge in [0.25, 0.3) is 0 Å². The zero-order chi connectivity index (χ0) is 28.9. The Kier molecular flexibility index (Phi) is 12.7. The van der Waals surface area contributed by atoms with Gasteiger partial charge >= 0.3 is 11.9 Å². The number of aromatic amines is 1. The SMILES string of the molecule is NCCCCC(NC(=O)C(CS)NC(=O)C(CCC(=O)O)NC(=O)C(N)Cc1c[nH]c2ccccc12)C(=O)O. The first-order chi connectivity index (χ1) is 18.6. The lowest BCUT2D eigenvalue weighted by atomic mass is 10.0. The van der Waals surface area contributed by atoms with Crippen molar-refractivity contribution in [2.75, 3.05) is 12.3 Å². The number of aliphatic carboxylic acids is 2. The number of amides is 3. The van der Waals surface area contributed by atoms with E-state index in [1.54, 1.807) is 6.20 Å². The average molecular weight is 565 g/mol. The van der Waals surface area contributed by atoms with E-state index in [9.17, 15) is 29.1 Å². The number of nitrogens with two attached hydrogens (primary N) is 2. The summed E-state index contributed by atoms with van der Waals surface area (Å²) < 4.78 is 0. The van der Waals surface area contributed by atoms with Crippen LogP contribution >= 0.6 is 12.6 Å². The van der Waals surface area contributed by atoms with Gasteiger partial charge in [0.1, 0.15) is 18.1 Å². The summed E-state index contributed by atoms with van der Waals surface area (Å²) in [4.78, 5) is 64.3. The fourth-order valence-electron chi connectivity index (χ4n) is 3.93. The molecule has 1 heterocycles. The van der Waals surface area contributed by atoms with Crippen molar-refractivity contribution in [2.24, 2.45) is 11.5 Å². The molecule has 0 aliphatic carbocycles. The molecule has 0 aliphatic rings. The molecule has 13 nitrogen and oxygen atoms in total. The minimum absolute atomic E-state index is 0.150. The number of nitrogens with one attached hydrogen (secondary N) is 4. The second kappa shape index (κ2) is 15.7. The van der Waals surface area contributed by atoms with Crippen LogP contribution in [0.1, 0.15) is 37.7 Å². The van der Waals surface area contributed by atoms with E-state index in [2.05, 4.69) is 33.6 Å². The lowest BCUT2D eigenvalue weighted by Crippen LogP contribution is -2.57. The van der Waals surface area contributed by atoms with Gasteiger partial charge < -0.3 is 42.6 Å². The van der Waals surface area contributed by atoms with Gasteiger partial charge in [-0.15, -0.1) is 0 Å². The fourth-order valence-corrected chi connectivity index (χ4v) is 4.19. The number of thiol groups is 1. The first-order valence-corrected chi connectivity index (χ1v) is 13.2. The van der Waals surface area contributed by atoms with Gasteiger partial charge in [-0.2, -0.15) is 12.6 Å². The van der Waals surface area contributed by atoms with Crippen LogP contribution in [0, 0.1) is 0 Å². The number of hydrogen-bond acceptors (Lipinski definition) is 8. The third-order valence-electron chi connectivity index (χ3n) is 6.11. The number of hydrogen-bond donors (Lipinski definition) is 9. The Bertz CT molecular complexity index is 1160. The van der Waals surface area contributed by atoms with Crippen molar-refractivity contribution in [2.45, 2.75) is 62.7 Å². The number of H-pyrrole nitrogens is 1. The number of aromatic nitrogens is 1. The number of carbonyl (C=O) groups is 5. The second-order valence-corrected chi connectivity index (χ2v) is 9.46. The summed E-state index contributed by atoms with van der Waals surface area (Å²) in [7, 11) is 0. The normalized spacial score (nSPS) is 14.1. The van der Waals surface area contributed by atoms with Crippen molar-refractivity contribution in [1.29, 1.82) is 0 Å². The summed E-state index contributed by atoms with van der Waals surface area (Å²) in [5, 5.41) is 26.7. The molecular formula is C25H36N6O7S. The summed E-state index contributed by atoms with van der Waals surface area (Å²) in [6, 6.07) is 2.70. The van der Waals surface area contributed by atoms with Gasteiger partial charge in [-0.1, -0.05) is 18.2 Å². The maximum Gasteiger partial charge on any atom is 0.326 e. The van der Waals surface area contributed by atoms with Crippen molar-refractivity contribution in [1.82, 2.24) is 20.9 Å². The highest BCUT2D eigenvalue weighted by Gasteiger charge is 2.30. The molecular weight excluding hydrogens is 528 g/mol. The maximum atomic E-state index is 13.0. The summed E-state index contributed by atoms with van der Waals surface area (Å²) >= 11 is 4.08. The molecule has 39 heavy (non-hydrogen) atoms. The Hall–Kier alpha value is -3.62. The Morgan fingerprint density at radius 3 is 2.18 bits per heavy atom. The molecule has 3 amide bonds. The quantitative estimate of drug-likeness (QED) is 0.0889. The standard InChI is InChI=1S/C25H36N6O7S/c26-10-4-3-7-19(25(37)38)30-24(36)20(13-39)31-23(35)18(8-9-21(32)33)29-22(34)16(27)11-14-12-28-17-6-2-1-5-15(14)17/h1-2,5-6,12,16,18-20,28,39H,3-4,7-11,13,26-27H2,(H,29,34)(H,30,36)(H,31,35)(H,32,33)(H,37,38). The monoisotopic (exact) mass is 564 g/mol. The zero-order valence-electron chi connectivity index (χ0n) is 21.4. The molecule has 0 saturated carbocycles. The lowest BCUT2D eigenvalue weighted by Gasteiger charge is -2.24. The predicted molar refractivity (Wildman–Crippen MR) is 147 cm³/mol. The van der Waals surface area contributed by atoms with Gasteiger partial charge in [-0.05, 0) is 50.3 Å². The predicted octanol–water partition coefficient (Wildman–Crippen LogP) is -0.500. The van der Waals surface area contributed by atoms with E-state index in [1.165, 1.54) is 0 Å². The molecule has 0 fully saturated rings. The van der Waals surface area contributed by atoms with Gasteiger partial charge in [-0.25, -0.2) is 4.79 Å². The van der Waals surface area contributed by atoms with Crippen molar-refractivity contribution in [3.8, 4) is 0 Å². The molecule has 1 aromatic heterocycles. The summed E-state index contributed by atoms with van der Waals surface area (Å²) in [6.07, 6.45) is 2.42. The minimum Gasteiger partial charge on any atom is -0.481 e. The molecule has 0 aliphatic heterocycles. The third-order valence-corrected chi connectivity index (χ3v) is 6.47. The number of benzene rings is 1. The lowest BCUT2D eigenvalue weighted by molar-refractivity contribution is -0.142. The van der Waals surface area contributed by atoms with Crippen LogP contribution in [0.2, 0.25) is 0 Å². The molecule has 4 unspecified atom stereocenters. The summed E-state index contributed by atoms with van der Waals surface area (Å²) in [6.45, 7) is 0.379. The molecule has 0 bridgehead atoms. The molecule has 4 atom stereocenters. The molecule has 214 valence electrons. The van der Waals surface area contributed by atoms with Gasteiger partial charge in [0.05, 0.1) is 6.04 Å². The van der Waals surface area contributed by atoms with E-state index >= 15 is 0 Å². The highest BCUT2D eigenvalue weighted by Crippen LogP contribution is 2.19. The van der Waals surface area contributed by atoms with Crippen molar-refractivity contribution in [3.63, 3.8) is 0 Å². The maximum absolute atomic E-state index is 13.0. The molecule has 0 radical (unpaired) electrons. The van der Waals surface area contributed by atoms with Crippen LogP contribution in [0.3, 0.4) is 0 Å². The molecule has 2 rings (SSSR count). The summed E-state index contributed by atoms with van der Waals surface area (Å²) in [5.74, 6) is -4.88. The van der Waals surface area contributed by atoms with E-state index in [0.717, 1.165) is 16.5 Å². The van der Waals surface area contributed by atoms with Gasteiger partial charge in [0, 0.05) is 29.3 Å². The number of fused-ring (bicyclic) bond motifs is 1. The van der Waals surface area contributed by atoms with Crippen LogP contribution < -0.4 is 27.4 Å². The minimum atomic E-state index is -1.31.